The first-order valence-electron chi connectivity index (χ1n) is 11.2. The van der Waals surface area contributed by atoms with Crippen molar-refractivity contribution in [3.05, 3.63) is 66.9 Å². The summed E-state index contributed by atoms with van der Waals surface area (Å²) in [5.74, 6) is 1.60. The average Bonchev–Trinajstić information content (AvgIpc) is 3.32. The molecule has 10 heteroatoms. The normalized spacial score (nSPS) is 13.8. The number of carbonyl (C=O) groups is 1. The number of anilines is 2. The lowest BCUT2D eigenvalue weighted by Gasteiger charge is -2.36. The molecule has 4 aromatic rings. The highest BCUT2D eigenvalue weighted by atomic mass is 16.5. The van der Waals surface area contributed by atoms with Crippen molar-refractivity contribution in [1.82, 2.24) is 30.0 Å². The number of piperazine rings is 1. The van der Waals surface area contributed by atoms with E-state index in [0.717, 1.165) is 48.8 Å². The Labute approximate surface area is 197 Å². The average molecular weight is 459 g/mol. The standard InChI is InChI=1S/C24H26N8O2/c1-34-20-6-4-19(5-7-20)30-11-13-31(14-12-30)22-21-16-29-32(23(21)28-17-27-22)10-9-26-24(33)18-3-2-8-25-15-18/h2-8,15-17H,9-14H2,1H3,(H,26,33). The molecule has 0 radical (unpaired) electrons. The van der Waals surface area contributed by atoms with Crippen LogP contribution in [0.4, 0.5) is 11.5 Å². The van der Waals surface area contributed by atoms with E-state index in [4.69, 9.17) is 4.74 Å². The fraction of sp³-hybridized carbons (Fsp3) is 0.292. The van der Waals surface area contributed by atoms with E-state index in [-0.39, 0.29) is 5.91 Å². The van der Waals surface area contributed by atoms with Crippen LogP contribution in [-0.2, 0) is 6.54 Å². The number of carbonyl (C=O) groups excluding carboxylic acids is 1. The van der Waals surface area contributed by atoms with E-state index >= 15 is 0 Å². The topological polar surface area (TPSA) is 101 Å². The van der Waals surface area contributed by atoms with Gasteiger partial charge in [0.05, 0.1) is 30.8 Å². The number of benzene rings is 1. The molecule has 5 rings (SSSR count). The Balaban J connectivity index is 1.22. The second kappa shape index (κ2) is 9.74. The van der Waals surface area contributed by atoms with Crippen LogP contribution in [0.1, 0.15) is 10.4 Å². The number of nitrogens with one attached hydrogen (secondary N) is 1. The summed E-state index contributed by atoms with van der Waals surface area (Å²) in [5.41, 5.74) is 2.49. The summed E-state index contributed by atoms with van der Waals surface area (Å²) in [6.07, 6.45) is 6.58. The van der Waals surface area contributed by atoms with Gasteiger partial charge in [0.1, 0.15) is 17.9 Å². The Morgan fingerprint density at radius 2 is 1.82 bits per heavy atom. The number of ether oxygens (including phenoxy) is 1. The molecule has 1 aromatic carbocycles. The van der Waals surface area contributed by atoms with E-state index in [1.165, 1.54) is 5.69 Å². The van der Waals surface area contributed by atoms with Crippen molar-refractivity contribution < 1.29 is 9.53 Å². The van der Waals surface area contributed by atoms with Crippen molar-refractivity contribution in [2.75, 3.05) is 49.6 Å². The van der Waals surface area contributed by atoms with E-state index in [2.05, 4.69) is 47.3 Å². The van der Waals surface area contributed by atoms with Gasteiger partial charge in [-0.15, -0.1) is 0 Å². The maximum absolute atomic E-state index is 12.2. The predicted octanol–water partition coefficient (Wildman–Crippen LogP) is 1.99. The molecule has 0 saturated carbocycles. The van der Waals surface area contributed by atoms with E-state index in [1.54, 1.807) is 42.6 Å². The Morgan fingerprint density at radius 1 is 1.03 bits per heavy atom. The summed E-state index contributed by atoms with van der Waals surface area (Å²) in [6.45, 7) is 4.44. The van der Waals surface area contributed by atoms with E-state index in [1.807, 2.05) is 18.3 Å². The van der Waals surface area contributed by atoms with Crippen LogP contribution in [0.3, 0.4) is 0 Å². The number of aromatic nitrogens is 5. The molecule has 0 bridgehead atoms. The molecule has 4 heterocycles. The molecule has 10 nitrogen and oxygen atoms in total. The summed E-state index contributed by atoms with van der Waals surface area (Å²) in [4.78, 5) is 29.9. The third kappa shape index (κ3) is 4.47. The van der Waals surface area contributed by atoms with Crippen LogP contribution in [0, 0.1) is 0 Å². The van der Waals surface area contributed by atoms with E-state index < -0.39 is 0 Å². The Hall–Kier alpha value is -4.21. The van der Waals surface area contributed by atoms with Crippen LogP contribution in [-0.4, -0.2) is 70.5 Å². The summed E-state index contributed by atoms with van der Waals surface area (Å²) in [7, 11) is 1.68. The number of rotatable bonds is 7. The summed E-state index contributed by atoms with van der Waals surface area (Å²) < 4.78 is 7.06. The minimum Gasteiger partial charge on any atom is -0.497 e. The highest BCUT2D eigenvalue weighted by Gasteiger charge is 2.21. The van der Waals surface area contributed by atoms with Gasteiger partial charge in [-0.25, -0.2) is 14.6 Å². The minimum absolute atomic E-state index is 0.158. The van der Waals surface area contributed by atoms with Gasteiger partial charge in [0.15, 0.2) is 5.65 Å². The van der Waals surface area contributed by atoms with E-state index in [9.17, 15) is 4.79 Å². The molecule has 1 aliphatic rings. The van der Waals surface area contributed by atoms with Crippen LogP contribution in [0.15, 0.2) is 61.3 Å². The monoisotopic (exact) mass is 458 g/mol. The molecule has 0 aliphatic carbocycles. The number of amides is 1. The molecular weight excluding hydrogens is 432 g/mol. The first-order chi connectivity index (χ1) is 16.7. The molecule has 174 valence electrons. The highest BCUT2D eigenvalue weighted by molar-refractivity contribution is 5.93. The van der Waals surface area contributed by atoms with Gasteiger partial charge in [0, 0.05) is 50.8 Å². The zero-order valence-electron chi connectivity index (χ0n) is 19.0. The largest absolute Gasteiger partial charge is 0.497 e. The van der Waals surface area contributed by atoms with Gasteiger partial charge in [0.2, 0.25) is 0 Å². The minimum atomic E-state index is -0.158. The summed E-state index contributed by atoms with van der Waals surface area (Å²) in [5, 5.41) is 8.32. The number of methoxy groups -OCH3 is 1. The lowest BCUT2D eigenvalue weighted by molar-refractivity contribution is 0.0951. The summed E-state index contributed by atoms with van der Waals surface area (Å²) >= 11 is 0. The van der Waals surface area contributed by atoms with Gasteiger partial charge in [-0.3, -0.25) is 9.78 Å². The third-order valence-electron chi connectivity index (χ3n) is 5.96. The van der Waals surface area contributed by atoms with Crippen LogP contribution in [0.25, 0.3) is 11.0 Å². The lowest BCUT2D eigenvalue weighted by atomic mass is 10.2. The van der Waals surface area contributed by atoms with Crippen molar-refractivity contribution in [3.63, 3.8) is 0 Å². The molecule has 3 aromatic heterocycles. The van der Waals surface area contributed by atoms with Crippen molar-refractivity contribution >= 4 is 28.4 Å². The van der Waals surface area contributed by atoms with Crippen LogP contribution in [0.2, 0.25) is 0 Å². The molecule has 0 unspecified atom stereocenters. The smallest absolute Gasteiger partial charge is 0.252 e. The molecule has 0 atom stereocenters. The summed E-state index contributed by atoms with van der Waals surface area (Å²) in [6, 6.07) is 11.6. The predicted molar refractivity (Wildman–Crippen MR) is 129 cm³/mol. The first kappa shape index (κ1) is 21.6. The number of hydrogen-bond acceptors (Lipinski definition) is 8. The van der Waals surface area contributed by atoms with E-state index in [0.29, 0.717) is 18.7 Å². The zero-order chi connectivity index (χ0) is 23.3. The van der Waals surface area contributed by atoms with Crippen molar-refractivity contribution in [3.8, 4) is 5.75 Å². The second-order valence-electron chi connectivity index (χ2n) is 7.97. The van der Waals surface area contributed by atoms with Crippen molar-refractivity contribution in [1.29, 1.82) is 0 Å². The molecular formula is C24H26N8O2. The van der Waals surface area contributed by atoms with Gasteiger partial charge in [-0.2, -0.15) is 5.10 Å². The fourth-order valence-corrected chi connectivity index (χ4v) is 4.14. The van der Waals surface area contributed by atoms with Crippen LogP contribution >= 0.6 is 0 Å². The maximum atomic E-state index is 12.2. The van der Waals surface area contributed by atoms with Crippen molar-refractivity contribution in [2.24, 2.45) is 0 Å². The van der Waals surface area contributed by atoms with Gasteiger partial charge < -0.3 is 19.9 Å². The third-order valence-corrected chi connectivity index (χ3v) is 5.96. The second-order valence-corrected chi connectivity index (χ2v) is 7.97. The Bertz CT molecular complexity index is 1250. The Kier molecular flexibility index (Phi) is 6.19. The number of fused-ring (bicyclic) bond motifs is 1. The van der Waals surface area contributed by atoms with Gasteiger partial charge in [-0.1, -0.05) is 0 Å². The van der Waals surface area contributed by atoms with Gasteiger partial charge in [-0.05, 0) is 36.4 Å². The zero-order valence-corrected chi connectivity index (χ0v) is 19.0. The maximum Gasteiger partial charge on any atom is 0.252 e. The van der Waals surface area contributed by atoms with Gasteiger partial charge >= 0.3 is 0 Å². The molecule has 34 heavy (non-hydrogen) atoms. The molecule has 0 spiro atoms. The highest BCUT2D eigenvalue weighted by Crippen LogP contribution is 2.26. The fourth-order valence-electron chi connectivity index (χ4n) is 4.14. The van der Waals surface area contributed by atoms with Crippen LogP contribution < -0.4 is 19.9 Å². The SMILES string of the molecule is COc1ccc(N2CCN(c3ncnc4c3cnn4CCNC(=O)c3cccnc3)CC2)cc1. The molecule has 1 saturated heterocycles. The molecule has 1 fully saturated rings. The van der Waals surface area contributed by atoms with Gasteiger partial charge in [0.25, 0.3) is 5.91 Å². The molecule has 1 N–H and O–H groups in total. The number of hydrogen-bond donors (Lipinski definition) is 1. The number of pyridine rings is 1. The number of nitrogens with zero attached hydrogens (tertiary/aromatic N) is 7. The Morgan fingerprint density at radius 3 is 2.56 bits per heavy atom. The molecule has 1 amide bonds. The quantitative estimate of drug-likeness (QED) is 0.449. The van der Waals surface area contributed by atoms with Crippen molar-refractivity contribution in [2.45, 2.75) is 6.54 Å². The van der Waals surface area contributed by atoms with Crippen LogP contribution in [0.5, 0.6) is 5.75 Å². The molecule has 1 aliphatic heterocycles. The first-order valence-corrected chi connectivity index (χ1v) is 11.2. The lowest BCUT2D eigenvalue weighted by Crippen LogP contribution is -2.46.